The second-order valence-corrected chi connectivity index (χ2v) is 9.71. The van der Waals surface area contributed by atoms with Gasteiger partial charge in [-0.2, -0.15) is 17.5 Å². The van der Waals surface area contributed by atoms with Crippen LogP contribution in [0.5, 0.6) is 0 Å². The number of carbonyl (C=O) groups excluding carboxylic acids is 2. The molecule has 2 aromatic carbocycles. The maximum atomic E-state index is 13.3. The molecule has 178 valence electrons. The van der Waals surface area contributed by atoms with Gasteiger partial charge in [0.25, 0.3) is 0 Å². The molecule has 2 amide bonds. The van der Waals surface area contributed by atoms with Crippen LogP contribution in [0.15, 0.2) is 53.4 Å². The van der Waals surface area contributed by atoms with Crippen LogP contribution in [0.4, 0.5) is 13.2 Å². The Bertz CT molecular complexity index is 1140. The molecule has 0 radical (unpaired) electrons. The standard InChI is InChI=1S/C21H21ClF3N3O4S/c1-14(29)27-10-11-28(33(31,32)19-5-3-2-4-17(19)22)18(13-27)20(30)26-12-15-6-8-16(9-7-15)21(23,24)25/h2-9,18H,10-13H2,1H3,(H,26,30). The van der Waals surface area contributed by atoms with Crippen LogP contribution in [0.2, 0.25) is 5.02 Å². The molecular weight excluding hydrogens is 483 g/mol. The molecule has 1 saturated heterocycles. The molecule has 1 unspecified atom stereocenters. The van der Waals surface area contributed by atoms with Gasteiger partial charge in [-0.3, -0.25) is 9.59 Å². The van der Waals surface area contributed by atoms with Crippen LogP contribution in [0.25, 0.3) is 0 Å². The van der Waals surface area contributed by atoms with E-state index >= 15 is 0 Å². The van der Waals surface area contributed by atoms with Gasteiger partial charge in [-0.15, -0.1) is 0 Å². The Kier molecular flexibility index (Phi) is 7.35. The number of alkyl halides is 3. The van der Waals surface area contributed by atoms with Crippen molar-refractivity contribution in [3.05, 3.63) is 64.7 Å². The van der Waals surface area contributed by atoms with E-state index in [9.17, 15) is 31.2 Å². The van der Waals surface area contributed by atoms with Crippen molar-refractivity contribution in [1.82, 2.24) is 14.5 Å². The fourth-order valence-electron chi connectivity index (χ4n) is 3.45. The van der Waals surface area contributed by atoms with Crippen molar-refractivity contribution in [2.45, 2.75) is 30.6 Å². The monoisotopic (exact) mass is 503 g/mol. The summed E-state index contributed by atoms with van der Waals surface area (Å²) in [7, 11) is -4.16. The molecular formula is C21H21ClF3N3O4S. The first-order valence-corrected chi connectivity index (χ1v) is 11.7. The van der Waals surface area contributed by atoms with E-state index in [0.29, 0.717) is 5.56 Å². The summed E-state index contributed by atoms with van der Waals surface area (Å²) in [5.74, 6) is -0.998. The number of rotatable bonds is 5. The number of piperazine rings is 1. The predicted molar refractivity (Wildman–Crippen MR) is 115 cm³/mol. The van der Waals surface area contributed by atoms with E-state index in [1.807, 2.05) is 0 Å². The molecule has 0 saturated carbocycles. The van der Waals surface area contributed by atoms with Crippen molar-refractivity contribution in [2.24, 2.45) is 0 Å². The third-order valence-corrected chi connectivity index (χ3v) is 7.66. The lowest BCUT2D eigenvalue weighted by Crippen LogP contribution is -2.61. The minimum atomic E-state index is -4.48. The van der Waals surface area contributed by atoms with Gasteiger partial charge < -0.3 is 10.2 Å². The highest BCUT2D eigenvalue weighted by Crippen LogP contribution is 2.29. The number of nitrogens with one attached hydrogen (secondary N) is 1. The van der Waals surface area contributed by atoms with Crippen LogP contribution in [-0.2, 0) is 32.3 Å². The maximum Gasteiger partial charge on any atom is 0.416 e. The average molecular weight is 504 g/mol. The lowest BCUT2D eigenvalue weighted by Gasteiger charge is -2.39. The van der Waals surface area contributed by atoms with E-state index in [1.165, 1.54) is 42.2 Å². The number of benzene rings is 2. The first-order chi connectivity index (χ1) is 15.4. The highest BCUT2D eigenvalue weighted by Gasteiger charge is 2.41. The zero-order chi connectivity index (χ0) is 24.4. The second kappa shape index (κ2) is 9.70. The third kappa shape index (κ3) is 5.66. The van der Waals surface area contributed by atoms with Crippen LogP contribution in [0.1, 0.15) is 18.1 Å². The lowest BCUT2D eigenvalue weighted by molar-refractivity contribution is -0.138. The smallest absolute Gasteiger partial charge is 0.351 e. The van der Waals surface area contributed by atoms with E-state index in [2.05, 4.69) is 5.32 Å². The normalized spacial score (nSPS) is 17.6. The molecule has 0 aromatic heterocycles. The molecule has 12 heteroatoms. The van der Waals surface area contributed by atoms with E-state index in [-0.39, 0.29) is 42.0 Å². The number of carbonyl (C=O) groups is 2. The van der Waals surface area contributed by atoms with E-state index in [4.69, 9.17) is 11.6 Å². The van der Waals surface area contributed by atoms with Gasteiger partial charge in [-0.05, 0) is 29.8 Å². The molecule has 3 rings (SSSR count). The molecule has 0 aliphatic carbocycles. The molecule has 2 aromatic rings. The van der Waals surface area contributed by atoms with Crippen LogP contribution >= 0.6 is 11.6 Å². The third-order valence-electron chi connectivity index (χ3n) is 5.25. The summed E-state index contributed by atoms with van der Waals surface area (Å²) < 4.78 is 65.7. The van der Waals surface area contributed by atoms with Crippen molar-refractivity contribution in [1.29, 1.82) is 0 Å². The largest absolute Gasteiger partial charge is 0.416 e. The highest BCUT2D eigenvalue weighted by atomic mass is 35.5. The molecule has 0 bridgehead atoms. The summed E-state index contributed by atoms with van der Waals surface area (Å²) >= 11 is 6.07. The minimum Gasteiger partial charge on any atom is -0.351 e. The average Bonchev–Trinajstić information content (AvgIpc) is 2.76. The van der Waals surface area contributed by atoms with Crippen molar-refractivity contribution in [2.75, 3.05) is 19.6 Å². The zero-order valence-electron chi connectivity index (χ0n) is 17.5. The molecule has 1 aliphatic heterocycles. The molecule has 33 heavy (non-hydrogen) atoms. The molecule has 1 heterocycles. The zero-order valence-corrected chi connectivity index (χ0v) is 19.0. The van der Waals surface area contributed by atoms with Gasteiger partial charge >= 0.3 is 6.18 Å². The summed E-state index contributed by atoms with van der Waals surface area (Å²) in [6.07, 6.45) is -4.48. The fraction of sp³-hybridized carbons (Fsp3) is 0.333. The predicted octanol–water partition coefficient (Wildman–Crippen LogP) is 2.90. The Morgan fingerprint density at radius 2 is 1.73 bits per heavy atom. The number of hydrogen-bond donors (Lipinski definition) is 1. The Morgan fingerprint density at radius 1 is 1.09 bits per heavy atom. The van der Waals surface area contributed by atoms with Gasteiger partial charge in [0, 0.05) is 33.1 Å². The summed E-state index contributed by atoms with van der Waals surface area (Å²) in [6, 6.07) is 8.83. The fourth-order valence-corrected chi connectivity index (χ4v) is 5.52. The topological polar surface area (TPSA) is 86.8 Å². The molecule has 1 N–H and O–H groups in total. The maximum absolute atomic E-state index is 13.3. The van der Waals surface area contributed by atoms with Crippen molar-refractivity contribution < 1.29 is 31.2 Å². The Morgan fingerprint density at radius 3 is 2.30 bits per heavy atom. The van der Waals surface area contributed by atoms with Crippen molar-refractivity contribution in [3.8, 4) is 0 Å². The molecule has 1 atom stereocenters. The Labute approximate surface area is 194 Å². The number of halogens is 4. The van der Waals surface area contributed by atoms with E-state index in [1.54, 1.807) is 6.07 Å². The van der Waals surface area contributed by atoms with E-state index in [0.717, 1.165) is 16.4 Å². The van der Waals surface area contributed by atoms with Gasteiger partial charge in [0.2, 0.25) is 21.8 Å². The lowest BCUT2D eigenvalue weighted by atomic mass is 10.1. The summed E-state index contributed by atoms with van der Waals surface area (Å²) in [6.45, 7) is 1.01. The first kappa shape index (κ1) is 25.0. The molecule has 7 nitrogen and oxygen atoms in total. The van der Waals surface area contributed by atoms with Crippen LogP contribution in [0.3, 0.4) is 0 Å². The highest BCUT2D eigenvalue weighted by molar-refractivity contribution is 7.89. The van der Waals surface area contributed by atoms with Gasteiger partial charge in [-0.1, -0.05) is 35.9 Å². The van der Waals surface area contributed by atoms with Gasteiger partial charge in [0.15, 0.2) is 0 Å². The van der Waals surface area contributed by atoms with Gasteiger partial charge in [-0.25, -0.2) is 8.42 Å². The quantitative estimate of drug-likeness (QED) is 0.680. The minimum absolute atomic E-state index is 0.00425. The van der Waals surface area contributed by atoms with Crippen molar-refractivity contribution >= 4 is 33.4 Å². The van der Waals surface area contributed by atoms with Crippen LogP contribution in [0, 0.1) is 0 Å². The first-order valence-electron chi connectivity index (χ1n) is 9.87. The summed E-state index contributed by atoms with van der Waals surface area (Å²) in [5.41, 5.74) is -0.421. The van der Waals surface area contributed by atoms with Crippen molar-refractivity contribution in [3.63, 3.8) is 0 Å². The number of nitrogens with zero attached hydrogens (tertiary/aromatic N) is 2. The number of amides is 2. The molecule has 1 aliphatic rings. The number of sulfonamides is 1. The van der Waals surface area contributed by atoms with Gasteiger partial charge in [0.1, 0.15) is 10.9 Å². The summed E-state index contributed by atoms with van der Waals surface area (Å²) in [4.78, 5) is 26.0. The van der Waals surface area contributed by atoms with Gasteiger partial charge in [0.05, 0.1) is 10.6 Å². The Hall–Kier alpha value is -2.63. The number of hydrogen-bond acceptors (Lipinski definition) is 4. The van der Waals surface area contributed by atoms with Crippen LogP contribution < -0.4 is 5.32 Å². The Balaban J connectivity index is 1.81. The second-order valence-electron chi connectivity index (χ2n) is 7.44. The van der Waals surface area contributed by atoms with E-state index < -0.39 is 33.7 Å². The molecule has 0 spiro atoms. The SMILES string of the molecule is CC(=O)N1CCN(S(=O)(=O)c2ccccc2Cl)C(C(=O)NCc2ccc(C(F)(F)F)cc2)C1. The molecule has 1 fully saturated rings. The van der Waals surface area contributed by atoms with Crippen LogP contribution in [-0.4, -0.2) is 55.1 Å². The summed E-state index contributed by atoms with van der Waals surface area (Å²) in [5, 5.41) is 2.55.